The first-order chi connectivity index (χ1) is 9.72. The molecule has 2 nitrogen and oxygen atoms in total. The first-order valence-corrected chi connectivity index (χ1v) is 7.26. The fourth-order valence-corrected chi connectivity index (χ4v) is 3.64. The van der Waals surface area contributed by atoms with Crippen molar-refractivity contribution in [2.24, 2.45) is 0 Å². The minimum absolute atomic E-state index is 0. The number of hydrogen-bond donors (Lipinski definition) is 0. The zero-order valence-corrected chi connectivity index (χ0v) is 15.4. The van der Waals surface area contributed by atoms with Crippen LogP contribution in [-0.4, -0.2) is 25.0 Å². The third-order valence-corrected chi connectivity index (χ3v) is 4.58. The molecular weight excluding hydrogens is 359 g/mol. The molecule has 0 bridgehead atoms. The van der Waals surface area contributed by atoms with Gasteiger partial charge in [-0.3, -0.25) is 0 Å². The van der Waals surface area contributed by atoms with Gasteiger partial charge in [0.15, 0.2) is 0 Å². The van der Waals surface area contributed by atoms with Gasteiger partial charge >= 0.3 is 0 Å². The molecule has 1 saturated heterocycles. The number of hydrogen-bond acceptors (Lipinski definition) is 2. The molecule has 2 heterocycles. The number of halogens is 1. The molecule has 0 aromatic heterocycles. The normalized spacial score (nSPS) is 23.1. The number of likely N-dealkylation sites (tertiary alicyclic amines) is 1. The summed E-state index contributed by atoms with van der Waals surface area (Å²) in [6, 6.07) is 15.1. The molecule has 2 atom stereocenters. The quantitative estimate of drug-likeness (QED) is 0.646. The molecule has 0 saturated carbocycles. The zero-order valence-electron chi connectivity index (χ0n) is 11.8. The third kappa shape index (κ3) is 2.68. The summed E-state index contributed by atoms with van der Waals surface area (Å²) >= 11 is 6.19. The molecule has 2 aromatic carbocycles. The first kappa shape index (κ1) is 15.5. The van der Waals surface area contributed by atoms with E-state index >= 15 is 0 Å². The van der Waals surface area contributed by atoms with Crippen molar-refractivity contribution in [2.45, 2.75) is 11.8 Å². The molecule has 0 aliphatic carbocycles. The van der Waals surface area contributed by atoms with Crippen LogP contribution in [0.25, 0.3) is 0 Å². The summed E-state index contributed by atoms with van der Waals surface area (Å²) in [6.07, 6.45) is 0. The molecule has 21 heavy (non-hydrogen) atoms. The monoisotopic (exact) mass is 373 g/mol. The average molecular weight is 374 g/mol. The number of nitrogens with zero attached hydrogens (tertiary/aromatic N) is 1. The summed E-state index contributed by atoms with van der Waals surface area (Å²) in [5.74, 6) is 2.78. The molecule has 1 radical (unpaired) electrons. The summed E-state index contributed by atoms with van der Waals surface area (Å²) in [5.41, 5.74) is 2.48. The van der Waals surface area contributed by atoms with Gasteiger partial charge in [-0.2, -0.15) is 18.2 Å². The van der Waals surface area contributed by atoms with Gasteiger partial charge in [0.05, 0.1) is 0 Å². The van der Waals surface area contributed by atoms with Gasteiger partial charge in [0.1, 0.15) is 5.75 Å². The van der Waals surface area contributed by atoms with E-state index < -0.39 is 0 Å². The third-order valence-electron chi connectivity index (χ3n) is 4.35. The number of rotatable bonds is 0. The van der Waals surface area contributed by atoms with Crippen LogP contribution < -0.4 is 4.74 Å². The number of likely N-dealkylation sites (N-methyl/N-ethyl adjacent to an activating group) is 1. The van der Waals surface area contributed by atoms with Gasteiger partial charge in [-0.05, 0) is 43.6 Å². The van der Waals surface area contributed by atoms with Crippen molar-refractivity contribution in [1.29, 1.82) is 0 Å². The Morgan fingerprint density at radius 3 is 2.67 bits per heavy atom. The van der Waals surface area contributed by atoms with Crippen LogP contribution in [0.15, 0.2) is 36.4 Å². The van der Waals surface area contributed by atoms with Crippen LogP contribution in [0, 0.1) is 6.07 Å². The van der Waals surface area contributed by atoms with Crippen molar-refractivity contribution >= 4 is 11.6 Å². The second-order valence-corrected chi connectivity index (χ2v) is 6.12. The molecular formula is C17H15ClNOY-. The fraction of sp³-hybridized carbons (Fsp3) is 0.294. The number of ether oxygens (including phenoxy) is 1. The Morgan fingerprint density at radius 1 is 1.14 bits per heavy atom. The van der Waals surface area contributed by atoms with Gasteiger partial charge < -0.3 is 9.64 Å². The summed E-state index contributed by atoms with van der Waals surface area (Å²) in [6.45, 7) is 2.08. The largest absolute Gasteiger partial charge is 0.482 e. The maximum Gasteiger partial charge on any atom is 0.127 e. The van der Waals surface area contributed by atoms with E-state index in [2.05, 4.69) is 30.1 Å². The molecule has 2 aliphatic rings. The summed E-state index contributed by atoms with van der Waals surface area (Å²) in [7, 11) is 2.17. The van der Waals surface area contributed by atoms with Crippen molar-refractivity contribution in [1.82, 2.24) is 4.90 Å². The van der Waals surface area contributed by atoms with E-state index in [4.69, 9.17) is 16.3 Å². The van der Waals surface area contributed by atoms with Gasteiger partial charge in [-0.1, -0.05) is 11.6 Å². The Labute approximate surface area is 155 Å². The molecule has 4 heteroatoms. The number of benzene rings is 2. The Bertz CT molecular complexity index is 676. The summed E-state index contributed by atoms with van der Waals surface area (Å²) in [4.78, 5) is 2.38. The minimum atomic E-state index is 0. The molecule has 2 aliphatic heterocycles. The Morgan fingerprint density at radius 2 is 1.86 bits per heavy atom. The minimum Gasteiger partial charge on any atom is -0.482 e. The first-order valence-electron chi connectivity index (χ1n) is 6.88. The van der Waals surface area contributed by atoms with Crippen molar-refractivity contribution in [3.8, 4) is 11.5 Å². The van der Waals surface area contributed by atoms with Crippen molar-refractivity contribution in [3.05, 3.63) is 58.6 Å². The van der Waals surface area contributed by atoms with Crippen LogP contribution in [-0.2, 0) is 32.7 Å². The van der Waals surface area contributed by atoms with E-state index in [9.17, 15) is 0 Å². The van der Waals surface area contributed by atoms with E-state index in [-0.39, 0.29) is 32.7 Å². The SMILES string of the molecule is CN1C[C@@H]2c3c[c-]ccc3Oc3ccc(Cl)cc3[C@H]2C1.[Y]. The predicted octanol–water partition coefficient (Wildman–Crippen LogP) is 4.06. The zero-order chi connectivity index (χ0) is 13.7. The Balaban J connectivity index is 0.00000132. The fourth-order valence-electron chi connectivity index (χ4n) is 3.46. The van der Waals surface area contributed by atoms with E-state index in [1.165, 1.54) is 11.1 Å². The van der Waals surface area contributed by atoms with Gasteiger partial charge in [-0.25, -0.2) is 0 Å². The van der Waals surface area contributed by atoms with E-state index in [1.54, 1.807) is 0 Å². The standard InChI is InChI=1S/C17H15ClNO.Y/c1-19-9-14-12-4-2-3-5-16(12)20-17-7-6-11(18)8-13(17)15(14)10-19;/h3-8,14-15H,9-10H2,1H3;/q-1;/t14-,15-;/m1./s1. The summed E-state index contributed by atoms with van der Waals surface area (Å²) in [5, 5.41) is 0.776. The Kier molecular flexibility index (Phi) is 4.43. The second kappa shape index (κ2) is 6.00. The molecule has 105 valence electrons. The topological polar surface area (TPSA) is 12.5 Å². The van der Waals surface area contributed by atoms with Crippen molar-refractivity contribution in [2.75, 3.05) is 20.1 Å². The molecule has 0 spiro atoms. The van der Waals surface area contributed by atoms with Gasteiger partial charge in [-0.15, -0.1) is 11.6 Å². The van der Waals surface area contributed by atoms with Crippen LogP contribution in [0.2, 0.25) is 5.02 Å². The van der Waals surface area contributed by atoms with Crippen LogP contribution in [0.3, 0.4) is 0 Å². The van der Waals surface area contributed by atoms with E-state index in [0.717, 1.165) is 29.6 Å². The predicted molar refractivity (Wildman–Crippen MR) is 79.8 cm³/mol. The average Bonchev–Trinajstić information content (AvgIpc) is 2.78. The van der Waals surface area contributed by atoms with Gasteiger partial charge in [0.2, 0.25) is 0 Å². The smallest absolute Gasteiger partial charge is 0.127 e. The molecule has 0 N–H and O–H groups in total. The van der Waals surface area contributed by atoms with Crippen LogP contribution in [0.4, 0.5) is 0 Å². The van der Waals surface area contributed by atoms with E-state index in [0.29, 0.717) is 11.8 Å². The van der Waals surface area contributed by atoms with Gasteiger partial charge in [0, 0.05) is 55.6 Å². The van der Waals surface area contributed by atoms with Crippen LogP contribution >= 0.6 is 11.6 Å². The number of fused-ring (bicyclic) bond motifs is 5. The molecule has 0 unspecified atom stereocenters. The van der Waals surface area contributed by atoms with Crippen LogP contribution in [0.5, 0.6) is 11.5 Å². The molecule has 0 amide bonds. The van der Waals surface area contributed by atoms with Crippen LogP contribution in [0.1, 0.15) is 23.0 Å². The van der Waals surface area contributed by atoms with Crippen molar-refractivity contribution < 1.29 is 37.4 Å². The van der Waals surface area contributed by atoms with E-state index in [1.807, 2.05) is 24.3 Å². The second-order valence-electron chi connectivity index (χ2n) is 5.68. The van der Waals surface area contributed by atoms with Crippen molar-refractivity contribution in [3.63, 3.8) is 0 Å². The van der Waals surface area contributed by atoms with Gasteiger partial charge in [0.25, 0.3) is 0 Å². The Hall–Kier alpha value is -0.406. The molecule has 2 aromatic rings. The summed E-state index contributed by atoms with van der Waals surface area (Å²) < 4.78 is 6.13. The maximum atomic E-state index is 6.19. The molecule has 4 rings (SSSR count). The molecule has 1 fully saturated rings. The maximum absolute atomic E-state index is 6.19.